The third kappa shape index (κ3) is 6.92. The van der Waals surface area contributed by atoms with Crippen LogP contribution in [0, 0.1) is 0 Å². The molecule has 0 bridgehead atoms. The van der Waals surface area contributed by atoms with Crippen LogP contribution in [0.15, 0.2) is 73.8 Å². The summed E-state index contributed by atoms with van der Waals surface area (Å²) in [6, 6.07) is 15.3. The van der Waals surface area contributed by atoms with Gasteiger partial charge in [-0.25, -0.2) is 0 Å². The van der Waals surface area contributed by atoms with Crippen LogP contribution in [0.5, 0.6) is 5.75 Å². The Bertz CT molecular complexity index is 943. The van der Waals surface area contributed by atoms with Gasteiger partial charge in [0.1, 0.15) is 5.75 Å². The normalized spacial score (nSPS) is 14.3. The third-order valence-corrected chi connectivity index (χ3v) is 5.55. The first-order chi connectivity index (χ1) is 15.0. The van der Waals surface area contributed by atoms with Gasteiger partial charge in [0.2, 0.25) is 0 Å². The van der Waals surface area contributed by atoms with E-state index in [1.807, 2.05) is 54.6 Å². The summed E-state index contributed by atoms with van der Waals surface area (Å²) in [5, 5.41) is 0. The molecule has 0 aromatic heterocycles. The van der Waals surface area contributed by atoms with Crippen molar-refractivity contribution in [1.82, 2.24) is 0 Å². The fourth-order valence-corrected chi connectivity index (χ4v) is 3.72. The first-order valence-corrected chi connectivity index (χ1v) is 10.9. The van der Waals surface area contributed by atoms with E-state index < -0.39 is 0 Å². The van der Waals surface area contributed by atoms with Crippen LogP contribution in [0.25, 0.3) is 11.6 Å². The van der Waals surface area contributed by atoms with E-state index in [1.165, 1.54) is 25.3 Å². The largest absolute Gasteiger partial charge is 0.490 e. The van der Waals surface area contributed by atoms with Crippen molar-refractivity contribution in [3.63, 3.8) is 0 Å². The van der Waals surface area contributed by atoms with Crippen LogP contribution in [-0.2, 0) is 16.0 Å². The number of carbonyl (C=O) groups excluding carboxylic acids is 2. The maximum atomic E-state index is 12.4. The van der Waals surface area contributed by atoms with Crippen molar-refractivity contribution in [3.8, 4) is 5.75 Å². The van der Waals surface area contributed by atoms with E-state index in [4.69, 9.17) is 4.74 Å². The van der Waals surface area contributed by atoms with Crippen molar-refractivity contribution in [2.24, 2.45) is 0 Å². The highest BCUT2D eigenvalue weighted by atomic mass is 16.5. The molecule has 2 aromatic carbocycles. The molecule has 1 aliphatic rings. The Hall–Kier alpha value is -3.20. The van der Waals surface area contributed by atoms with Crippen LogP contribution >= 0.6 is 0 Å². The summed E-state index contributed by atoms with van der Waals surface area (Å²) in [4.78, 5) is 24.7. The van der Waals surface area contributed by atoms with Crippen LogP contribution in [0.2, 0.25) is 0 Å². The zero-order valence-corrected chi connectivity index (χ0v) is 18.0. The summed E-state index contributed by atoms with van der Waals surface area (Å²) < 4.78 is 6.03. The molecule has 3 nitrogen and oxygen atoms in total. The highest BCUT2D eigenvalue weighted by molar-refractivity contribution is 6.26. The minimum atomic E-state index is -0.262. The number of carbonyl (C=O) groups is 2. The lowest BCUT2D eigenvalue weighted by Gasteiger charge is -2.22. The minimum absolute atomic E-state index is 0.188. The first kappa shape index (κ1) is 22.5. The fourth-order valence-electron chi connectivity index (χ4n) is 3.72. The van der Waals surface area contributed by atoms with Crippen molar-refractivity contribution in [3.05, 3.63) is 90.5 Å². The molecule has 3 rings (SSSR count). The summed E-state index contributed by atoms with van der Waals surface area (Å²) in [5.74, 6) is 0.361. The molecule has 160 valence electrons. The van der Waals surface area contributed by atoms with E-state index in [9.17, 15) is 9.59 Å². The van der Waals surface area contributed by atoms with Gasteiger partial charge in [0.05, 0.1) is 12.5 Å². The maximum absolute atomic E-state index is 12.4. The first-order valence-electron chi connectivity index (χ1n) is 10.9. The highest BCUT2D eigenvalue weighted by Crippen LogP contribution is 2.24. The van der Waals surface area contributed by atoms with Crippen molar-refractivity contribution >= 4 is 23.2 Å². The predicted octanol–water partition coefficient (Wildman–Crippen LogP) is 6.38. The Labute approximate surface area is 185 Å². The van der Waals surface area contributed by atoms with Crippen LogP contribution in [0.3, 0.4) is 0 Å². The topological polar surface area (TPSA) is 43.4 Å². The quantitative estimate of drug-likeness (QED) is 0.257. The maximum Gasteiger partial charge on any atom is 0.170 e. The monoisotopic (exact) mass is 414 g/mol. The van der Waals surface area contributed by atoms with E-state index in [2.05, 4.69) is 13.2 Å². The molecule has 0 spiro atoms. The molecular weight excluding hydrogens is 384 g/mol. The number of hydrogen-bond acceptors (Lipinski definition) is 3. The predicted molar refractivity (Wildman–Crippen MR) is 127 cm³/mol. The number of benzene rings is 2. The molecular formula is C28H30O3. The summed E-state index contributed by atoms with van der Waals surface area (Å²) in [7, 11) is 0. The Balaban J connectivity index is 1.50. The van der Waals surface area contributed by atoms with Crippen LogP contribution < -0.4 is 4.74 Å². The van der Waals surface area contributed by atoms with Gasteiger partial charge in [0.25, 0.3) is 0 Å². The van der Waals surface area contributed by atoms with Gasteiger partial charge >= 0.3 is 0 Å². The lowest BCUT2D eigenvalue weighted by Crippen LogP contribution is -2.19. The summed E-state index contributed by atoms with van der Waals surface area (Å²) in [6.45, 7) is 7.59. The minimum Gasteiger partial charge on any atom is -0.490 e. The Morgan fingerprint density at radius 2 is 1.65 bits per heavy atom. The van der Waals surface area contributed by atoms with E-state index in [-0.39, 0.29) is 18.0 Å². The van der Waals surface area contributed by atoms with Gasteiger partial charge < -0.3 is 4.74 Å². The van der Waals surface area contributed by atoms with Crippen LogP contribution in [0.1, 0.15) is 55.2 Å². The van der Waals surface area contributed by atoms with Crippen molar-refractivity contribution in [2.45, 2.75) is 51.0 Å². The number of Topliss-reactive ketones (excluding diaryl/α,β-unsaturated/α-hetero) is 1. The van der Waals surface area contributed by atoms with Gasteiger partial charge in [-0.1, -0.05) is 61.5 Å². The van der Waals surface area contributed by atoms with E-state index in [0.29, 0.717) is 11.7 Å². The molecule has 1 saturated carbocycles. The highest BCUT2D eigenvalue weighted by Gasteiger charge is 2.15. The second-order valence-corrected chi connectivity index (χ2v) is 8.01. The number of rotatable bonds is 10. The molecule has 0 radical (unpaired) electrons. The molecule has 2 aromatic rings. The number of hydrogen-bond donors (Lipinski definition) is 0. The molecule has 0 N–H and O–H groups in total. The SMILES string of the molecule is C=CCc1ccc(C(=C)C(=O)CC(=O)C=Cc2ccc(OC3CCCCC3)cc2)cc1. The molecule has 1 fully saturated rings. The molecule has 0 amide bonds. The zero-order valence-electron chi connectivity index (χ0n) is 18.0. The molecule has 31 heavy (non-hydrogen) atoms. The molecule has 0 unspecified atom stereocenters. The number of ketones is 2. The molecule has 0 atom stereocenters. The second kappa shape index (κ2) is 11.3. The average Bonchev–Trinajstić information content (AvgIpc) is 2.79. The van der Waals surface area contributed by atoms with Crippen molar-refractivity contribution < 1.29 is 14.3 Å². The summed E-state index contributed by atoms with van der Waals surface area (Å²) >= 11 is 0. The Morgan fingerprint density at radius 3 is 2.29 bits per heavy atom. The molecule has 0 aliphatic heterocycles. The third-order valence-electron chi connectivity index (χ3n) is 5.55. The van der Waals surface area contributed by atoms with Gasteiger partial charge in [-0.15, -0.1) is 6.58 Å². The van der Waals surface area contributed by atoms with Gasteiger partial charge in [-0.05, 0) is 67.0 Å². The molecule has 1 aliphatic carbocycles. The Morgan fingerprint density at radius 1 is 0.968 bits per heavy atom. The number of ether oxygens (including phenoxy) is 1. The Kier molecular flexibility index (Phi) is 8.17. The lowest BCUT2D eigenvalue weighted by molar-refractivity contribution is -0.121. The molecule has 0 saturated heterocycles. The second-order valence-electron chi connectivity index (χ2n) is 8.01. The lowest BCUT2D eigenvalue weighted by atomic mass is 9.98. The van der Waals surface area contributed by atoms with Gasteiger partial charge in [-0.3, -0.25) is 9.59 Å². The number of allylic oxidation sites excluding steroid dienone is 3. The average molecular weight is 415 g/mol. The molecule has 3 heteroatoms. The summed E-state index contributed by atoms with van der Waals surface area (Å²) in [6.07, 6.45) is 11.9. The smallest absolute Gasteiger partial charge is 0.170 e. The van der Waals surface area contributed by atoms with Crippen LogP contribution in [-0.4, -0.2) is 17.7 Å². The van der Waals surface area contributed by atoms with Crippen molar-refractivity contribution in [1.29, 1.82) is 0 Å². The zero-order chi connectivity index (χ0) is 22.1. The van der Waals surface area contributed by atoms with E-state index >= 15 is 0 Å². The standard InChI is InChI=1S/C28H30O3/c1-3-7-22-10-15-24(16-11-22)21(2)28(30)20-25(29)17-12-23-13-18-27(19-14-23)31-26-8-5-4-6-9-26/h3,10-19,26H,1-2,4-9,20H2. The summed E-state index contributed by atoms with van der Waals surface area (Å²) in [5.41, 5.74) is 3.11. The van der Waals surface area contributed by atoms with Crippen molar-refractivity contribution in [2.75, 3.05) is 0 Å². The van der Waals surface area contributed by atoms with E-state index in [1.54, 1.807) is 6.08 Å². The van der Waals surface area contributed by atoms with E-state index in [0.717, 1.165) is 41.7 Å². The van der Waals surface area contributed by atoms with Gasteiger partial charge in [0, 0.05) is 5.57 Å². The van der Waals surface area contributed by atoms with Gasteiger partial charge in [0.15, 0.2) is 11.6 Å². The van der Waals surface area contributed by atoms with Gasteiger partial charge in [-0.2, -0.15) is 0 Å². The molecule has 0 heterocycles. The fraction of sp³-hybridized carbons (Fsp3) is 0.286. The van der Waals surface area contributed by atoms with Crippen LogP contribution in [0.4, 0.5) is 0 Å².